The molecule has 0 atom stereocenters. The highest BCUT2D eigenvalue weighted by atomic mass is 16.2. The highest BCUT2D eigenvalue weighted by Crippen LogP contribution is 1.87. The summed E-state index contributed by atoms with van der Waals surface area (Å²) in [4.78, 5) is 24.7. The Labute approximate surface area is 88.1 Å². The lowest BCUT2D eigenvalue weighted by Crippen LogP contribution is -2.31. The van der Waals surface area contributed by atoms with E-state index in [4.69, 9.17) is 0 Å². The molecule has 0 aliphatic heterocycles. The standard InChI is InChI=1S/C10H17N3O2/c1-3-11-5-4-6-13-7-8(2)9(14)12-10(13)15/h7,11H,3-6H2,1-2H3,(H,12,14,15). The Morgan fingerprint density at radius 1 is 1.47 bits per heavy atom. The normalized spacial score (nSPS) is 10.5. The Kier molecular flexibility index (Phi) is 4.30. The van der Waals surface area contributed by atoms with Crippen LogP contribution >= 0.6 is 0 Å². The first-order valence-corrected chi connectivity index (χ1v) is 5.16. The monoisotopic (exact) mass is 211 g/mol. The van der Waals surface area contributed by atoms with Gasteiger partial charge in [-0.1, -0.05) is 6.92 Å². The summed E-state index contributed by atoms with van der Waals surface area (Å²) in [5, 5.41) is 3.18. The van der Waals surface area contributed by atoms with Crippen LogP contribution in [0.25, 0.3) is 0 Å². The molecule has 0 unspecified atom stereocenters. The van der Waals surface area contributed by atoms with E-state index < -0.39 is 0 Å². The van der Waals surface area contributed by atoms with Gasteiger partial charge >= 0.3 is 5.69 Å². The first-order valence-electron chi connectivity index (χ1n) is 5.16. The molecular weight excluding hydrogens is 194 g/mol. The van der Waals surface area contributed by atoms with Gasteiger partial charge in [-0.15, -0.1) is 0 Å². The Balaban J connectivity index is 2.66. The first-order chi connectivity index (χ1) is 7.15. The van der Waals surface area contributed by atoms with Crippen LogP contribution < -0.4 is 16.6 Å². The molecule has 0 bridgehead atoms. The quantitative estimate of drug-likeness (QED) is 0.665. The van der Waals surface area contributed by atoms with E-state index in [2.05, 4.69) is 10.3 Å². The van der Waals surface area contributed by atoms with Crippen molar-refractivity contribution in [3.05, 3.63) is 32.6 Å². The van der Waals surface area contributed by atoms with E-state index in [-0.39, 0.29) is 11.2 Å². The first kappa shape index (κ1) is 11.7. The molecule has 5 heteroatoms. The largest absolute Gasteiger partial charge is 0.328 e. The molecular formula is C10H17N3O2. The van der Waals surface area contributed by atoms with Gasteiger partial charge in [0, 0.05) is 18.3 Å². The zero-order chi connectivity index (χ0) is 11.3. The van der Waals surface area contributed by atoms with Crippen LogP contribution in [0.4, 0.5) is 0 Å². The average molecular weight is 211 g/mol. The Hall–Kier alpha value is -1.36. The molecule has 1 rings (SSSR count). The Morgan fingerprint density at radius 2 is 2.20 bits per heavy atom. The molecule has 1 heterocycles. The van der Waals surface area contributed by atoms with Crippen LogP contribution in [0.1, 0.15) is 18.9 Å². The van der Waals surface area contributed by atoms with Crippen molar-refractivity contribution in [2.45, 2.75) is 26.8 Å². The van der Waals surface area contributed by atoms with Crippen LogP contribution in [0.5, 0.6) is 0 Å². The summed E-state index contributed by atoms with van der Waals surface area (Å²) in [5.41, 5.74) is -0.0666. The highest BCUT2D eigenvalue weighted by molar-refractivity contribution is 5.00. The van der Waals surface area contributed by atoms with Gasteiger partial charge in [-0.25, -0.2) is 4.79 Å². The summed E-state index contributed by atoms with van der Waals surface area (Å²) in [6, 6.07) is 0. The SMILES string of the molecule is CCNCCCn1cc(C)c(=O)[nH]c1=O. The number of H-pyrrole nitrogens is 1. The van der Waals surface area contributed by atoms with Gasteiger partial charge in [0.05, 0.1) is 0 Å². The van der Waals surface area contributed by atoms with Crippen molar-refractivity contribution in [1.82, 2.24) is 14.9 Å². The van der Waals surface area contributed by atoms with E-state index in [0.29, 0.717) is 12.1 Å². The van der Waals surface area contributed by atoms with Crippen LogP contribution in [-0.2, 0) is 6.54 Å². The zero-order valence-electron chi connectivity index (χ0n) is 9.17. The summed E-state index contributed by atoms with van der Waals surface area (Å²) in [6.45, 7) is 6.17. The number of rotatable bonds is 5. The predicted octanol–water partition coefficient (Wildman–Crippen LogP) is -0.155. The molecule has 2 N–H and O–H groups in total. The molecule has 0 aliphatic rings. The second-order valence-corrected chi connectivity index (χ2v) is 3.47. The van der Waals surface area contributed by atoms with Gasteiger partial charge in [0.1, 0.15) is 0 Å². The van der Waals surface area contributed by atoms with Gasteiger partial charge in [0.2, 0.25) is 0 Å². The number of aromatic nitrogens is 2. The number of hydrogen-bond donors (Lipinski definition) is 2. The molecule has 15 heavy (non-hydrogen) atoms. The van der Waals surface area contributed by atoms with Crippen molar-refractivity contribution in [2.75, 3.05) is 13.1 Å². The van der Waals surface area contributed by atoms with E-state index in [1.807, 2.05) is 6.92 Å². The third-order valence-corrected chi connectivity index (χ3v) is 2.19. The maximum absolute atomic E-state index is 11.3. The minimum Gasteiger partial charge on any atom is -0.317 e. The predicted molar refractivity (Wildman–Crippen MR) is 59.2 cm³/mol. The van der Waals surface area contributed by atoms with E-state index in [9.17, 15) is 9.59 Å². The van der Waals surface area contributed by atoms with E-state index in [0.717, 1.165) is 19.5 Å². The highest BCUT2D eigenvalue weighted by Gasteiger charge is 1.99. The van der Waals surface area contributed by atoms with Crippen molar-refractivity contribution in [2.24, 2.45) is 0 Å². The average Bonchev–Trinajstić information content (AvgIpc) is 2.20. The molecule has 0 saturated heterocycles. The van der Waals surface area contributed by atoms with E-state index >= 15 is 0 Å². The lowest BCUT2D eigenvalue weighted by molar-refractivity contribution is 0.567. The minimum absolute atomic E-state index is 0.303. The van der Waals surface area contributed by atoms with Crippen molar-refractivity contribution >= 4 is 0 Å². The Bertz CT molecular complexity index is 419. The second-order valence-electron chi connectivity index (χ2n) is 3.47. The summed E-state index contributed by atoms with van der Waals surface area (Å²) in [5.74, 6) is 0. The molecule has 1 aromatic rings. The molecule has 0 aliphatic carbocycles. The van der Waals surface area contributed by atoms with Crippen LogP contribution in [0.15, 0.2) is 15.8 Å². The maximum atomic E-state index is 11.3. The molecule has 84 valence electrons. The number of nitrogens with zero attached hydrogens (tertiary/aromatic N) is 1. The van der Waals surface area contributed by atoms with Crippen molar-refractivity contribution < 1.29 is 0 Å². The molecule has 0 aromatic carbocycles. The third kappa shape index (κ3) is 3.36. The number of nitrogens with one attached hydrogen (secondary N) is 2. The molecule has 0 radical (unpaired) electrons. The molecule has 5 nitrogen and oxygen atoms in total. The molecule has 0 fully saturated rings. The Morgan fingerprint density at radius 3 is 2.87 bits per heavy atom. The fourth-order valence-electron chi connectivity index (χ4n) is 1.34. The summed E-state index contributed by atoms with van der Waals surface area (Å²) in [6.07, 6.45) is 2.48. The lowest BCUT2D eigenvalue weighted by Gasteiger charge is -2.05. The fraction of sp³-hybridized carbons (Fsp3) is 0.600. The van der Waals surface area contributed by atoms with Gasteiger partial charge in [0.15, 0.2) is 0 Å². The summed E-state index contributed by atoms with van der Waals surface area (Å²) < 4.78 is 1.54. The number of hydrogen-bond acceptors (Lipinski definition) is 3. The fourth-order valence-corrected chi connectivity index (χ4v) is 1.34. The van der Waals surface area contributed by atoms with Crippen molar-refractivity contribution in [3.8, 4) is 0 Å². The van der Waals surface area contributed by atoms with Crippen LogP contribution in [0.2, 0.25) is 0 Å². The molecule has 0 amide bonds. The topological polar surface area (TPSA) is 66.9 Å². The zero-order valence-corrected chi connectivity index (χ0v) is 9.17. The number of aryl methyl sites for hydroxylation is 2. The minimum atomic E-state index is -0.331. The molecule has 1 aromatic heterocycles. The van der Waals surface area contributed by atoms with Crippen LogP contribution in [0, 0.1) is 6.92 Å². The van der Waals surface area contributed by atoms with Gasteiger partial charge in [-0.05, 0) is 26.4 Å². The van der Waals surface area contributed by atoms with Gasteiger partial charge < -0.3 is 9.88 Å². The maximum Gasteiger partial charge on any atom is 0.328 e. The van der Waals surface area contributed by atoms with Crippen molar-refractivity contribution in [3.63, 3.8) is 0 Å². The van der Waals surface area contributed by atoms with Gasteiger partial charge in [-0.2, -0.15) is 0 Å². The van der Waals surface area contributed by atoms with Crippen LogP contribution in [-0.4, -0.2) is 22.6 Å². The molecule has 0 spiro atoms. The second kappa shape index (κ2) is 5.50. The lowest BCUT2D eigenvalue weighted by atomic mass is 10.3. The van der Waals surface area contributed by atoms with Crippen molar-refractivity contribution in [1.29, 1.82) is 0 Å². The van der Waals surface area contributed by atoms with Gasteiger partial charge in [-0.3, -0.25) is 9.78 Å². The third-order valence-electron chi connectivity index (χ3n) is 2.19. The van der Waals surface area contributed by atoms with Gasteiger partial charge in [0.25, 0.3) is 5.56 Å². The van der Waals surface area contributed by atoms with E-state index in [1.54, 1.807) is 13.1 Å². The summed E-state index contributed by atoms with van der Waals surface area (Å²) in [7, 11) is 0. The smallest absolute Gasteiger partial charge is 0.317 e. The molecule has 0 saturated carbocycles. The van der Waals surface area contributed by atoms with E-state index in [1.165, 1.54) is 4.57 Å². The number of aromatic amines is 1. The summed E-state index contributed by atoms with van der Waals surface area (Å²) >= 11 is 0. The van der Waals surface area contributed by atoms with Crippen LogP contribution in [0.3, 0.4) is 0 Å².